The molecule has 0 spiro atoms. The van der Waals surface area contributed by atoms with Gasteiger partial charge in [0.15, 0.2) is 6.39 Å². The van der Waals surface area contributed by atoms with E-state index in [1.807, 2.05) is 12.3 Å². The number of para-hydroxylation sites is 1. The van der Waals surface area contributed by atoms with Crippen molar-refractivity contribution in [3.05, 3.63) is 60.4 Å². The monoisotopic (exact) mass is 239 g/mol. The highest BCUT2D eigenvalue weighted by molar-refractivity contribution is 5.81. The van der Waals surface area contributed by atoms with Crippen molar-refractivity contribution >= 4 is 10.9 Å². The number of aromatic nitrogens is 2. The number of fused-ring (bicyclic) bond motifs is 1. The zero-order valence-electron chi connectivity index (χ0n) is 9.84. The Morgan fingerprint density at radius 3 is 2.94 bits per heavy atom. The van der Waals surface area contributed by atoms with Gasteiger partial charge in [0.1, 0.15) is 5.76 Å². The van der Waals surface area contributed by atoms with Gasteiger partial charge in [-0.05, 0) is 11.6 Å². The molecule has 1 aromatic carbocycles. The Balaban J connectivity index is 1.74. The minimum atomic E-state index is 0.670. The summed E-state index contributed by atoms with van der Waals surface area (Å²) in [6, 6.07) is 10.2. The summed E-state index contributed by atoms with van der Waals surface area (Å²) in [5, 5.41) is 4.49. The lowest BCUT2D eigenvalue weighted by atomic mass is 10.1. The fraction of sp³-hybridized carbons (Fsp3) is 0.143. The predicted octanol–water partition coefficient (Wildman–Crippen LogP) is 2.51. The van der Waals surface area contributed by atoms with Crippen LogP contribution in [0, 0.1) is 0 Å². The molecule has 3 rings (SSSR count). The summed E-state index contributed by atoms with van der Waals surface area (Å²) in [4.78, 5) is 8.30. The Bertz CT molecular complexity index is 629. The maximum absolute atomic E-state index is 5.17. The Morgan fingerprint density at radius 2 is 2.06 bits per heavy atom. The van der Waals surface area contributed by atoms with E-state index in [0.29, 0.717) is 6.54 Å². The van der Waals surface area contributed by atoms with Crippen LogP contribution in [0.3, 0.4) is 0 Å². The molecule has 0 atom stereocenters. The van der Waals surface area contributed by atoms with Crippen LogP contribution in [0.1, 0.15) is 11.3 Å². The Morgan fingerprint density at radius 1 is 1.11 bits per heavy atom. The van der Waals surface area contributed by atoms with E-state index < -0.39 is 0 Å². The highest BCUT2D eigenvalue weighted by Crippen LogP contribution is 2.15. The van der Waals surface area contributed by atoms with E-state index in [0.717, 1.165) is 23.2 Å². The molecule has 0 radical (unpaired) electrons. The van der Waals surface area contributed by atoms with E-state index in [-0.39, 0.29) is 0 Å². The van der Waals surface area contributed by atoms with Crippen molar-refractivity contribution in [1.82, 2.24) is 15.3 Å². The van der Waals surface area contributed by atoms with Gasteiger partial charge in [-0.25, -0.2) is 4.98 Å². The standard InChI is InChI=1S/C14H13N3O/c1-3-11-5-2-6-17-14(11)12(4-1)7-15-8-13-9-16-10-18-13/h1-6,9-10,15H,7-8H2. The van der Waals surface area contributed by atoms with Crippen molar-refractivity contribution in [3.8, 4) is 0 Å². The maximum Gasteiger partial charge on any atom is 0.180 e. The molecular formula is C14H13N3O. The van der Waals surface area contributed by atoms with E-state index in [9.17, 15) is 0 Å². The third-order valence-electron chi connectivity index (χ3n) is 2.81. The van der Waals surface area contributed by atoms with Crippen LogP contribution in [0.2, 0.25) is 0 Å². The third-order valence-corrected chi connectivity index (χ3v) is 2.81. The van der Waals surface area contributed by atoms with Crippen LogP contribution in [0.4, 0.5) is 0 Å². The number of hydrogen-bond donors (Lipinski definition) is 1. The molecule has 3 aromatic rings. The van der Waals surface area contributed by atoms with Crippen molar-refractivity contribution < 1.29 is 4.42 Å². The van der Waals surface area contributed by atoms with Gasteiger partial charge in [0, 0.05) is 18.1 Å². The van der Waals surface area contributed by atoms with Crippen molar-refractivity contribution in [2.24, 2.45) is 0 Å². The third kappa shape index (κ3) is 2.24. The molecule has 4 nitrogen and oxygen atoms in total. The summed E-state index contributed by atoms with van der Waals surface area (Å²) >= 11 is 0. The number of benzene rings is 1. The van der Waals surface area contributed by atoms with Crippen LogP contribution in [0.5, 0.6) is 0 Å². The molecule has 0 saturated carbocycles. The van der Waals surface area contributed by atoms with Crippen LogP contribution < -0.4 is 5.32 Å². The van der Waals surface area contributed by atoms with Gasteiger partial charge < -0.3 is 9.73 Å². The van der Waals surface area contributed by atoms with E-state index in [1.165, 1.54) is 12.0 Å². The molecule has 0 amide bonds. The van der Waals surface area contributed by atoms with Gasteiger partial charge >= 0.3 is 0 Å². The number of oxazole rings is 1. The lowest BCUT2D eigenvalue weighted by Gasteiger charge is -2.06. The minimum Gasteiger partial charge on any atom is -0.447 e. The molecule has 4 heteroatoms. The largest absolute Gasteiger partial charge is 0.447 e. The first-order valence-electron chi connectivity index (χ1n) is 5.84. The maximum atomic E-state index is 5.17. The van der Waals surface area contributed by atoms with Crippen LogP contribution in [0.25, 0.3) is 10.9 Å². The smallest absolute Gasteiger partial charge is 0.180 e. The molecule has 0 fully saturated rings. The Hall–Kier alpha value is -2.20. The molecule has 0 bridgehead atoms. The fourth-order valence-electron chi connectivity index (χ4n) is 1.96. The van der Waals surface area contributed by atoms with Crippen molar-refractivity contribution in [1.29, 1.82) is 0 Å². The van der Waals surface area contributed by atoms with Gasteiger partial charge in [-0.2, -0.15) is 0 Å². The summed E-state index contributed by atoms with van der Waals surface area (Å²) in [6.45, 7) is 1.43. The zero-order chi connectivity index (χ0) is 12.2. The molecule has 0 unspecified atom stereocenters. The molecule has 0 saturated heterocycles. The van der Waals surface area contributed by atoms with Crippen LogP contribution in [0.15, 0.2) is 53.5 Å². The van der Waals surface area contributed by atoms with Gasteiger partial charge in [-0.15, -0.1) is 0 Å². The highest BCUT2D eigenvalue weighted by Gasteiger charge is 2.02. The predicted molar refractivity (Wildman–Crippen MR) is 68.8 cm³/mol. The molecule has 18 heavy (non-hydrogen) atoms. The molecule has 90 valence electrons. The number of nitrogens with zero attached hydrogens (tertiary/aromatic N) is 2. The zero-order valence-corrected chi connectivity index (χ0v) is 9.84. The molecule has 1 N–H and O–H groups in total. The normalized spacial score (nSPS) is 10.9. The average molecular weight is 239 g/mol. The lowest BCUT2D eigenvalue weighted by Crippen LogP contribution is -2.12. The molecule has 2 heterocycles. The summed E-state index contributed by atoms with van der Waals surface area (Å²) in [5.74, 6) is 0.836. The molecule has 2 aromatic heterocycles. The Kier molecular flexibility index (Phi) is 3.02. The van der Waals surface area contributed by atoms with E-state index in [2.05, 4.69) is 39.6 Å². The van der Waals surface area contributed by atoms with Gasteiger partial charge in [-0.3, -0.25) is 4.98 Å². The summed E-state index contributed by atoms with van der Waals surface area (Å²) in [6.07, 6.45) is 4.98. The molecule has 0 aliphatic heterocycles. The van der Waals surface area contributed by atoms with Crippen LogP contribution in [-0.4, -0.2) is 9.97 Å². The van der Waals surface area contributed by atoms with Gasteiger partial charge in [-0.1, -0.05) is 24.3 Å². The Labute approximate surface area is 105 Å². The molecule has 0 aliphatic rings. The summed E-state index contributed by atoms with van der Waals surface area (Å²) in [5.41, 5.74) is 2.23. The number of nitrogens with one attached hydrogen (secondary N) is 1. The second-order valence-corrected chi connectivity index (χ2v) is 4.06. The van der Waals surface area contributed by atoms with Gasteiger partial charge in [0.2, 0.25) is 0 Å². The van der Waals surface area contributed by atoms with Gasteiger partial charge in [0.05, 0.1) is 18.3 Å². The minimum absolute atomic E-state index is 0.670. The van der Waals surface area contributed by atoms with Gasteiger partial charge in [0.25, 0.3) is 0 Å². The SMILES string of the molecule is c1cnc2c(CNCc3cnco3)cccc2c1. The van der Waals surface area contributed by atoms with Crippen molar-refractivity contribution in [2.75, 3.05) is 0 Å². The second-order valence-electron chi connectivity index (χ2n) is 4.06. The second kappa shape index (κ2) is 4.98. The molecule has 0 aliphatic carbocycles. The highest BCUT2D eigenvalue weighted by atomic mass is 16.3. The van der Waals surface area contributed by atoms with Crippen LogP contribution in [-0.2, 0) is 13.1 Å². The average Bonchev–Trinajstić information content (AvgIpc) is 2.92. The van der Waals surface area contributed by atoms with E-state index in [4.69, 9.17) is 4.42 Å². The first-order valence-corrected chi connectivity index (χ1v) is 5.84. The lowest BCUT2D eigenvalue weighted by molar-refractivity contribution is 0.479. The first kappa shape index (κ1) is 10.9. The van der Waals surface area contributed by atoms with Crippen molar-refractivity contribution in [2.45, 2.75) is 13.1 Å². The fourth-order valence-corrected chi connectivity index (χ4v) is 1.96. The van der Waals surface area contributed by atoms with Crippen LogP contribution >= 0.6 is 0 Å². The van der Waals surface area contributed by atoms with E-state index >= 15 is 0 Å². The summed E-state index contributed by atoms with van der Waals surface area (Å²) < 4.78 is 5.17. The molecular weight excluding hydrogens is 226 g/mol. The van der Waals surface area contributed by atoms with E-state index in [1.54, 1.807) is 6.20 Å². The quantitative estimate of drug-likeness (QED) is 0.760. The first-order chi connectivity index (χ1) is 8.93. The van der Waals surface area contributed by atoms with Crippen molar-refractivity contribution in [3.63, 3.8) is 0 Å². The topological polar surface area (TPSA) is 51.0 Å². The number of pyridine rings is 1. The summed E-state index contributed by atoms with van der Waals surface area (Å²) in [7, 11) is 0. The number of rotatable bonds is 4. The number of hydrogen-bond acceptors (Lipinski definition) is 4.